The highest BCUT2D eigenvalue weighted by molar-refractivity contribution is 5.99. The van der Waals surface area contributed by atoms with E-state index in [0.29, 0.717) is 6.61 Å². The molecule has 0 N–H and O–H groups in total. The van der Waals surface area contributed by atoms with Crippen LogP contribution >= 0.6 is 0 Å². The number of hydrogen-bond donors (Lipinski definition) is 0. The molecule has 0 aliphatic rings. The van der Waals surface area contributed by atoms with Gasteiger partial charge in [0.15, 0.2) is 0 Å². The van der Waals surface area contributed by atoms with Crippen molar-refractivity contribution in [2.24, 2.45) is 5.16 Å². The van der Waals surface area contributed by atoms with Gasteiger partial charge >= 0.3 is 0 Å². The van der Waals surface area contributed by atoms with E-state index >= 15 is 0 Å². The molecule has 0 aliphatic carbocycles. The molecular weight excluding hydrogens is 186 g/mol. The van der Waals surface area contributed by atoms with E-state index in [0.717, 1.165) is 5.56 Å². The van der Waals surface area contributed by atoms with Crippen molar-refractivity contribution in [1.82, 2.24) is 0 Å². The first-order chi connectivity index (χ1) is 7.42. The van der Waals surface area contributed by atoms with Gasteiger partial charge in [0.2, 0.25) is 0 Å². The zero-order chi connectivity index (χ0) is 10.5. The predicted octanol–water partition coefficient (Wildman–Crippen LogP) is 3.21. The second-order valence-corrected chi connectivity index (χ2v) is 3.22. The molecule has 0 heterocycles. The molecule has 15 heavy (non-hydrogen) atoms. The van der Waals surface area contributed by atoms with Gasteiger partial charge in [0.1, 0.15) is 6.61 Å². The van der Waals surface area contributed by atoms with Crippen molar-refractivity contribution in [3.05, 3.63) is 48.0 Å². The first kappa shape index (κ1) is 9.71. The van der Waals surface area contributed by atoms with Gasteiger partial charge in [-0.3, -0.25) is 0 Å². The summed E-state index contributed by atoms with van der Waals surface area (Å²) < 4.78 is 0. The SMILES string of the molecule is CCO/N=C/c1cccc2ccccc12. The molecule has 0 radical (unpaired) electrons. The number of rotatable bonds is 3. The van der Waals surface area contributed by atoms with E-state index in [-0.39, 0.29) is 0 Å². The normalized spacial score (nSPS) is 11.0. The van der Waals surface area contributed by atoms with E-state index < -0.39 is 0 Å². The van der Waals surface area contributed by atoms with Crippen LogP contribution in [0.5, 0.6) is 0 Å². The van der Waals surface area contributed by atoms with Crippen LogP contribution in [0.25, 0.3) is 10.8 Å². The average molecular weight is 199 g/mol. The third-order valence-electron chi connectivity index (χ3n) is 2.22. The van der Waals surface area contributed by atoms with Crippen molar-refractivity contribution in [3.8, 4) is 0 Å². The zero-order valence-corrected chi connectivity index (χ0v) is 8.68. The van der Waals surface area contributed by atoms with Crippen molar-refractivity contribution < 1.29 is 4.84 Å². The number of fused-ring (bicyclic) bond motifs is 1. The van der Waals surface area contributed by atoms with Crippen molar-refractivity contribution in [2.45, 2.75) is 6.92 Å². The Morgan fingerprint density at radius 1 is 1.13 bits per heavy atom. The van der Waals surface area contributed by atoms with E-state index in [1.165, 1.54) is 10.8 Å². The van der Waals surface area contributed by atoms with Gasteiger partial charge in [-0.25, -0.2) is 0 Å². The Kier molecular flexibility index (Phi) is 2.98. The highest BCUT2D eigenvalue weighted by atomic mass is 16.6. The maximum absolute atomic E-state index is 4.96. The molecule has 2 heteroatoms. The van der Waals surface area contributed by atoms with E-state index in [4.69, 9.17) is 4.84 Å². The molecule has 0 saturated heterocycles. The fourth-order valence-corrected chi connectivity index (χ4v) is 1.53. The van der Waals surface area contributed by atoms with Crippen LogP contribution in [0.2, 0.25) is 0 Å². The Hall–Kier alpha value is -1.83. The van der Waals surface area contributed by atoms with Crippen molar-refractivity contribution in [1.29, 1.82) is 0 Å². The standard InChI is InChI=1S/C13H13NO/c1-2-15-14-10-12-8-5-7-11-6-3-4-9-13(11)12/h3-10H,2H2,1H3/b14-10+. The molecule has 2 aromatic rings. The summed E-state index contributed by atoms with van der Waals surface area (Å²) in [7, 11) is 0. The maximum atomic E-state index is 4.96. The van der Waals surface area contributed by atoms with Gasteiger partial charge in [-0.2, -0.15) is 0 Å². The molecule has 0 aliphatic heterocycles. The molecule has 0 amide bonds. The van der Waals surface area contributed by atoms with Gasteiger partial charge in [-0.1, -0.05) is 47.6 Å². The minimum atomic E-state index is 0.598. The number of hydrogen-bond acceptors (Lipinski definition) is 2. The van der Waals surface area contributed by atoms with Gasteiger partial charge in [0, 0.05) is 5.56 Å². The fraction of sp³-hybridized carbons (Fsp3) is 0.154. The van der Waals surface area contributed by atoms with E-state index in [2.05, 4.69) is 23.4 Å². The van der Waals surface area contributed by atoms with Gasteiger partial charge in [-0.05, 0) is 17.7 Å². The molecule has 0 unspecified atom stereocenters. The van der Waals surface area contributed by atoms with Crippen LogP contribution in [0.4, 0.5) is 0 Å². The van der Waals surface area contributed by atoms with Crippen LogP contribution < -0.4 is 0 Å². The van der Waals surface area contributed by atoms with Crippen molar-refractivity contribution >= 4 is 17.0 Å². The molecule has 0 fully saturated rings. The highest BCUT2D eigenvalue weighted by Gasteiger charge is 1.96. The van der Waals surface area contributed by atoms with E-state index in [1.54, 1.807) is 6.21 Å². The summed E-state index contributed by atoms with van der Waals surface area (Å²) in [5.74, 6) is 0. The van der Waals surface area contributed by atoms with Crippen LogP contribution in [0.15, 0.2) is 47.6 Å². The second kappa shape index (κ2) is 4.60. The average Bonchev–Trinajstić information content (AvgIpc) is 2.30. The molecule has 0 bridgehead atoms. The molecule has 2 nitrogen and oxygen atoms in total. The maximum Gasteiger partial charge on any atom is 0.114 e. The molecule has 0 saturated carbocycles. The van der Waals surface area contributed by atoms with Crippen LogP contribution in [0.1, 0.15) is 12.5 Å². The first-order valence-corrected chi connectivity index (χ1v) is 5.05. The fourth-order valence-electron chi connectivity index (χ4n) is 1.53. The smallest absolute Gasteiger partial charge is 0.114 e. The molecule has 76 valence electrons. The van der Waals surface area contributed by atoms with Gasteiger partial charge in [0.05, 0.1) is 6.21 Å². The molecular formula is C13H13NO. The lowest BCUT2D eigenvalue weighted by molar-refractivity contribution is 0.160. The minimum absolute atomic E-state index is 0.598. The lowest BCUT2D eigenvalue weighted by Crippen LogP contribution is -1.86. The van der Waals surface area contributed by atoms with Crippen LogP contribution in [0, 0.1) is 0 Å². The van der Waals surface area contributed by atoms with Gasteiger partial charge in [-0.15, -0.1) is 0 Å². The van der Waals surface area contributed by atoms with Crippen LogP contribution in [-0.2, 0) is 4.84 Å². The Morgan fingerprint density at radius 2 is 1.93 bits per heavy atom. The largest absolute Gasteiger partial charge is 0.396 e. The summed E-state index contributed by atoms with van der Waals surface area (Å²) in [4.78, 5) is 4.96. The summed E-state index contributed by atoms with van der Waals surface area (Å²) in [6, 6.07) is 14.4. The van der Waals surface area contributed by atoms with Crippen molar-refractivity contribution in [3.63, 3.8) is 0 Å². The summed E-state index contributed by atoms with van der Waals surface area (Å²) >= 11 is 0. The second-order valence-electron chi connectivity index (χ2n) is 3.22. The number of nitrogens with zero attached hydrogens (tertiary/aromatic N) is 1. The summed E-state index contributed by atoms with van der Waals surface area (Å²) in [5, 5.41) is 6.30. The minimum Gasteiger partial charge on any atom is -0.396 e. The Labute approximate surface area is 89.2 Å². The van der Waals surface area contributed by atoms with Gasteiger partial charge in [0.25, 0.3) is 0 Å². The van der Waals surface area contributed by atoms with Crippen molar-refractivity contribution in [2.75, 3.05) is 6.61 Å². The lowest BCUT2D eigenvalue weighted by atomic mass is 10.1. The molecule has 0 atom stereocenters. The number of oxime groups is 1. The third-order valence-corrected chi connectivity index (χ3v) is 2.22. The molecule has 2 rings (SSSR count). The third kappa shape index (κ3) is 2.15. The number of benzene rings is 2. The van der Waals surface area contributed by atoms with Crippen LogP contribution in [0.3, 0.4) is 0 Å². The predicted molar refractivity (Wildman–Crippen MR) is 63.2 cm³/mol. The van der Waals surface area contributed by atoms with Gasteiger partial charge < -0.3 is 4.84 Å². The topological polar surface area (TPSA) is 21.6 Å². The van der Waals surface area contributed by atoms with E-state index in [1.807, 2.05) is 31.2 Å². The Balaban J connectivity index is 2.42. The molecule has 2 aromatic carbocycles. The lowest BCUT2D eigenvalue weighted by Gasteiger charge is -2.00. The molecule has 0 aromatic heterocycles. The highest BCUT2D eigenvalue weighted by Crippen LogP contribution is 2.16. The Morgan fingerprint density at radius 3 is 2.80 bits per heavy atom. The zero-order valence-electron chi connectivity index (χ0n) is 8.68. The Bertz CT molecular complexity index is 471. The monoisotopic (exact) mass is 199 g/mol. The first-order valence-electron chi connectivity index (χ1n) is 5.05. The summed E-state index contributed by atoms with van der Waals surface area (Å²) in [5.41, 5.74) is 1.08. The summed E-state index contributed by atoms with van der Waals surface area (Å²) in [6.45, 7) is 2.52. The van der Waals surface area contributed by atoms with Crippen LogP contribution in [-0.4, -0.2) is 12.8 Å². The summed E-state index contributed by atoms with van der Waals surface area (Å²) in [6.07, 6.45) is 1.76. The van der Waals surface area contributed by atoms with E-state index in [9.17, 15) is 0 Å². The molecule has 0 spiro atoms. The quantitative estimate of drug-likeness (QED) is 0.549.